The molecular weight excluding hydrogens is 163 g/mol. The minimum absolute atomic E-state index is 0.490. The van der Waals surface area contributed by atoms with E-state index in [1.165, 1.54) is 0 Å². The van der Waals surface area contributed by atoms with Gasteiger partial charge in [0.25, 0.3) is 0 Å². The van der Waals surface area contributed by atoms with Gasteiger partial charge in [0.15, 0.2) is 6.29 Å². The molecule has 1 unspecified atom stereocenters. The molecule has 0 aliphatic rings. The van der Waals surface area contributed by atoms with Gasteiger partial charge < -0.3 is 5.11 Å². The largest absolute Gasteiger partial charge is 0.368 e. The number of rotatable bonds is 5. The van der Waals surface area contributed by atoms with Crippen molar-refractivity contribution in [2.24, 2.45) is 0 Å². The van der Waals surface area contributed by atoms with Crippen molar-refractivity contribution in [2.75, 3.05) is 12.3 Å². The van der Waals surface area contributed by atoms with Crippen molar-refractivity contribution in [1.82, 2.24) is 0 Å². The Balaban J connectivity index is 3.97. The third-order valence-electron chi connectivity index (χ3n) is 1.63. The maximum absolute atomic E-state index is 11.5. The first-order valence-electron chi connectivity index (χ1n) is 4.02. The fraction of sp³-hybridized carbons (Fsp3) is 1.00. The third-order valence-corrected chi connectivity index (χ3v) is 4.18. The van der Waals surface area contributed by atoms with Gasteiger partial charge in [-0.2, -0.15) is 0 Å². The number of aliphatic hydroxyl groups is 1. The van der Waals surface area contributed by atoms with Crippen LogP contribution in [0.15, 0.2) is 0 Å². The second-order valence-corrected chi connectivity index (χ2v) is 5.52. The normalized spacial score (nSPS) is 14.9. The van der Waals surface area contributed by atoms with Crippen molar-refractivity contribution in [3.63, 3.8) is 0 Å². The summed E-state index contributed by atoms with van der Waals surface area (Å²) in [7, 11) is -2.50. The highest BCUT2D eigenvalue weighted by atomic mass is 31.2. The molecule has 1 N–H and O–H groups in total. The molecule has 0 fully saturated rings. The Morgan fingerprint density at radius 1 is 1.36 bits per heavy atom. The van der Waals surface area contributed by atoms with E-state index in [9.17, 15) is 4.57 Å². The molecule has 0 aliphatic carbocycles. The van der Waals surface area contributed by atoms with Crippen LogP contribution >= 0.6 is 7.37 Å². The van der Waals surface area contributed by atoms with E-state index >= 15 is 0 Å². The average molecular weight is 180 g/mol. The van der Waals surface area contributed by atoms with Crippen LogP contribution in [-0.2, 0) is 9.09 Å². The minimum Gasteiger partial charge on any atom is -0.368 e. The van der Waals surface area contributed by atoms with E-state index in [4.69, 9.17) is 9.63 Å². The molecule has 0 spiro atoms. The molecule has 1 atom stereocenters. The fourth-order valence-corrected chi connectivity index (χ4v) is 2.01. The van der Waals surface area contributed by atoms with Crippen molar-refractivity contribution >= 4 is 7.37 Å². The first-order chi connectivity index (χ1) is 5.08. The van der Waals surface area contributed by atoms with Crippen molar-refractivity contribution in [3.8, 4) is 0 Å². The molecular formula is C7H17O3P. The van der Waals surface area contributed by atoms with Gasteiger partial charge in [0.1, 0.15) is 0 Å². The highest BCUT2D eigenvalue weighted by molar-refractivity contribution is 7.58. The van der Waals surface area contributed by atoms with Crippen molar-refractivity contribution in [1.29, 1.82) is 0 Å². The van der Waals surface area contributed by atoms with Crippen LogP contribution in [0.1, 0.15) is 27.2 Å². The van der Waals surface area contributed by atoms with E-state index < -0.39 is 13.7 Å². The Kier molecular flexibility index (Phi) is 4.98. The van der Waals surface area contributed by atoms with Crippen molar-refractivity contribution < 1.29 is 14.2 Å². The minimum atomic E-state index is -2.50. The van der Waals surface area contributed by atoms with Crippen LogP contribution in [-0.4, -0.2) is 23.7 Å². The van der Waals surface area contributed by atoms with E-state index in [0.717, 1.165) is 0 Å². The third kappa shape index (κ3) is 3.90. The first-order valence-corrected chi connectivity index (χ1v) is 6.02. The lowest BCUT2D eigenvalue weighted by Crippen LogP contribution is -2.10. The Bertz CT molecular complexity index is 139. The van der Waals surface area contributed by atoms with Crippen LogP contribution in [0.4, 0.5) is 0 Å². The first kappa shape index (κ1) is 11.2. The summed E-state index contributed by atoms with van der Waals surface area (Å²) in [6, 6.07) is 0. The topological polar surface area (TPSA) is 46.5 Å². The summed E-state index contributed by atoms with van der Waals surface area (Å²) >= 11 is 0. The second kappa shape index (κ2) is 4.91. The number of hydrogen-bond donors (Lipinski definition) is 1. The van der Waals surface area contributed by atoms with E-state index in [0.29, 0.717) is 18.7 Å². The average Bonchev–Trinajstić information content (AvgIpc) is 2.04. The Hall–Kier alpha value is 0.150. The molecule has 0 bridgehead atoms. The molecule has 11 heavy (non-hydrogen) atoms. The molecule has 0 heterocycles. The van der Waals surface area contributed by atoms with Gasteiger partial charge in [0.05, 0.1) is 0 Å². The van der Waals surface area contributed by atoms with Crippen LogP contribution in [0.2, 0.25) is 0 Å². The SMILES string of the molecule is CCC(O)OP(=O)(CC)CC. The molecule has 0 aromatic rings. The maximum Gasteiger partial charge on any atom is 0.204 e. The molecule has 0 radical (unpaired) electrons. The van der Waals surface area contributed by atoms with Crippen LogP contribution in [0, 0.1) is 0 Å². The summed E-state index contributed by atoms with van der Waals surface area (Å²) in [6.07, 6.45) is 0.631. The van der Waals surface area contributed by atoms with Gasteiger partial charge in [-0.1, -0.05) is 20.8 Å². The summed E-state index contributed by atoms with van der Waals surface area (Å²) in [5.74, 6) is 0. The monoisotopic (exact) mass is 180 g/mol. The van der Waals surface area contributed by atoms with Crippen LogP contribution in [0.3, 0.4) is 0 Å². The maximum atomic E-state index is 11.5. The summed E-state index contributed by atoms with van der Waals surface area (Å²) in [4.78, 5) is 0. The molecule has 0 saturated carbocycles. The van der Waals surface area contributed by atoms with Gasteiger partial charge >= 0.3 is 0 Å². The van der Waals surface area contributed by atoms with Gasteiger partial charge in [0.2, 0.25) is 7.37 Å². The van der Waals surface area contributed by atoms with Gasteiger partial charge in [-0.25, -0.2) is 0 Å². The van der Waals surface area contributed by atoms with Gasteiger partial charge in [-0.3, -0.25) is 9.09 Å². The zero-order valence-corrected chi connectivity index (χ0v) is 8.30. The van der Waals surface area contributed by atoms with E-state index in [2.05, 4.69) is 0 Å². The zero-order chi connectivity index (χ0) is 8.91. The molecule has 4 heteroatoms. The predicted molar refractivity (Wildman–Crippen MR) is 46.1 cm³/mol. The van der Waals surface area contributed by atoms with Crippen molar-refractivity contribution in [2.45, 2.75) is 33.5 Å². The predicted octanol–water partition coefficient (Wildman–Crippen LogP) is 2.05. The lowest BCUT2D eigenvalue weighted by molar-refractivity contribution is -0.0167. The Labute approximate surface area is 68.2 Å². The quantitative estimate of drug-likeness (QED) is 0.520. The lowest BCUT2D eigenvalue weighted by atomic mass is 10.5. The van der Waals surface area contributed by atoms with E-state index in [-0.39, 0.29) is 0 Å². The number of aliphatic hydroxyl groups excluding tert-OH is 1. The van der Waals surface area contributed by atoms with Gasteiger partial charge in [0, 0.05) is 12.3 Å². The second-order valence-electron chi connectivity index (χ2n) is 2.42. The highest BCUT2D eigenvalue weighted by Crippen LogP contribution is 2.46. The highest BCUT2D eigenvalue weighted by Gasteiger charge is 2.20. The van der Waals surface area contributed by atoms with Crippen LogP contribution < -0.4 is 0 Å². The van der Waals surface area contributed by atoms with Gasteiger partial charge in [-0.15, -0.1) is 0 Å². The molecule has 0 aromatic heterocycles. The summed E-state index contributed by atoms with van der Waals surface area (Å²) in [5.41, 5.74) is 0. The molecule has 0 rings (SSSR count). The number of hydrogen-bond acceptors (Lipinski definition) is 3. The molecule has 0 aliphatic heterocycles. The summed E-state index contributed by atoms with van der Waals surface area (Å²) in [6.45, 7) is 5.42. The molecule has 3 nitrogen and oxygen atoms in total. The smallest absolute Gasteiger partial charge is 0.204 e. The molecule has 0 aromatic carbocycles. The molecule has 0 amide bonds. The van der Waals surface area contributed by atoms with Crippen LogP contribution in [0.25, 0.3) is 0 Å². The Morgan fingerprint density at radius 3 is 2.09 bits per heavy atom. The van der Waals surface area contributed by atoms with Gasteiger partial charge in [-0.05, 0) is 6.42 Å². The fourth-order valence-electron chi connectivity index (χ4n) is 0.669. The lowest BCUT2D eigenvalue weighted by Gasteiger charge is -2.18. The van der Waals surface area contributed by atoms with Crippen LogP contribution in [0.5, 0.6) is 0 Å². The zero-order valence-electron chi connectivity index (χ0n) is 7.41. The van der Waals surface area contributed by atoms with Crippen molar-refractivity contribution in [3.05, 3.63) is 0 Å². The van der Waals surface area contributed by atoms with E-state index in [1.54, 1.807) is 6.92 Å². The standard InChI is InChI=1S/C7H17O3P/c1-4-7(8)10-11(9,5-2)6-3/h7-8H,4-6H2,1-3H3. The Morgan fingerprint density at radius 2 is 1.82 bits per heavy atom. The summed E-state index contributed by atoms with van der Waals surface area (Å²) < 4.78 is 16.5. The summed E-state index contributed by atoms with van der Waals surface area (Å²) in [5, 5.41) is 9.06. The molecule has 68 valence electrons. The molecule has 0 saturated heterocycles. The van der Waals surface area contributed by atoms with E-state index in [1.807, 2.05) is 13.8 Å².